The van der Waals surface area contributed by atoms with Crippen molar-refractivity contribution in [3.63, 3.8) is 0 Å². The van der Waals surface area contributed by atoms with Crippen LogP contribution in [0.25, 0.3) is 0 Å². The number of anilines is 1. The Kier molecular flexibility index (Phi) is 5.95. The lowest BCUT2D eigenvalue weighted by Crippen LogP contribution is -2.53. The van der Waals surface area contributed by atoms with E-state index in [9.17, 15) is 9.59 Å². The number of nitrogens with zero attached hydrogens (tertiary/aromatic N) is 1. The molecule has 0 unspecified atom stereocenters. The maximum absolute atomic E-state index is 13.0. The Morgan fingerprint density at radius 2 is 1.68 bits per heavy atom. The van der Waals surface area contributed by atoms with Crippen molar-refractivity contribution in [3.05, 3.63) is 24.3 Å². The SMILES string of the molecule is CC(C)Oc1ccc(NC(=O)C(C)(C)C(=O)N2CCC3(CC2)OCCO3)cc1. The topological polar surface area (TPSA) is 77.1 Å². The first-order chi connectivity index (χ1) is 13.2. The number of hydrogen-bond acceptors (Lipinski definition) is 5. The normalized spacial score (nSPS) is 19.1. The third-order valence-electron chi connectivity index (χ3n) is 5.21. The predicted molar refractivity (Wildman–Crippen MR) is 105 cm³/mol. The zero-order valence-corrected chi connectivity index (χ0v) is 17.1. The van der Waals surface area contributed by atoms with Crippen molar-refractivity contribution in [2.75, 3.05) is 31.6 Å². The predicted octanol–water partition coefficient (Wildman–Crippen LogP) is 2.80. The molecule has 2 amide bonds. The van der Waals surface area contributed by atoms with E-state index in [4.69, 9.17) is 14.2 Å². The van der Waals surface area contributed by atoms with Gasteiger partial charge in [0.05, 0.1) is 19.3 Å². The number of piperidine rings is 1. The minimum Gasteiger partial charge on any atom is -0.491 e. The molecule has 1 aromatic rings. The van der Waals surface area contributed by atoms with Gasteiger partial charge in [-0.1, -0.05) is 0 Å². The quantitative estimate of drug-likeness (QED) is 0.783. The lowest BCUT2D eigenvalue weighted by Gasteiger charge is -2.40. The van der Waals surface area contributed by atoms with Crippen LogP contribution < -0.4 is 10.1 Å². The van der Waals surface area contributed by atoms with Crippen molar-refractivity contribution >= 4 is 17.5 Å². The minimum atomic E-state index is -1.17. The molecule has 2 heterocycles. The fraction of sp³-hybridized carbons (Fsp3) is 0.619. The number of rotatable bonds is 5. The van der Waals surface area contributed by atoms with Crippen LogP contribution in [0.4, 0.5) is 5.69 Å². The third-order valence-corrected chi connectivity index (χ3v) is 5.21. The maximum Gasteiger partial charge on any atom is 0.239 e. The molecule has 3 rings (SSSR count). The molecule has 154 valence electrons. The highest BCUT2D eigenvalue weighted by Gasteiger charge is 2.45. The molecule has 0 aromatic heterocycles. The first-order valence-corrected chi connectivity index (χ1v) is 9.87. The van der Waals surface area contributed by atoms with Crippen LogP contribution in [-0.2, 0) is 19.1 Å². The summed E-state index contributed by atoms with van der Waals surface area (Å²) in [7, 11) is 0. The molecule has 7 nitrogen and oxygen atoms in total. The zero-order valence-electron chi connectivity index (χ0n) is 17.1. The fourth-order valence-electron chi connectivity index (χ4n) is 3.50. The van der Waals surface area contributed by atoms with Crippen LogP contribution in [0.2, 0.25) is 0 Å². The van der Waals surface area contributed by atoms with Crippen molar-refractivity contribution in [2.45, 2.75) is 52.4 Å². The van der Waals surface area contributed by atoms with E-state index in [1.807, 2.05) is 13.8 Å². The average molecular weight is 390 g/mol. The molecule has 7 heteroatoms. The Hall–Kier alpha value is -2.12. The molecule has 2 saturated heterocycles. The van der Waals surface area contributed by atoms with E-state index in [0.717, 1.165) is 5.75 Å². The summed E-state index contributed by atoms with van der Waals surface area (Å²) in [5.41, 5.74) is -0.540. The highest BCUT2D eigenvalue weighted by atomic mass is 16.7. The summed E-state index contributed by atoms with van der Waals surface area (Å²) in [4.78, 5) is 27.5. The fourth-order valence-corrected chi connectivity index (χ4v) is 3.50. The molecule has 0 bridgehead atoms. The van der Waals surface area contributed by atoms with E-state index in [-0.39, 0.29) is 17.9 Å². The van der Waals surface area contributed by atoms with Gasteiger partial charge < -0.3 is 24.4 Å². The first-order valence-electron chi connectivity index (χ1n) is 9.87. The van der Waals surface area contributed by atoms with Gasteiger partial charge in [0.25, 0.3) is 0 Å². The van der Waals surface area contributed by atoms with Gasteiger partial charge in [0.1, 0.15) is 11.2 Å². The summed E-state index contributed by atoms with van der Waals surface area (Å²) in [6, 6.07) is 7.15. The molecule has 2 fully saturated rings. The Labute approximate surface area is 166 Å². The van der Waals surface area contributed by atoms with Crippen molar-refractivity contribution in [1.82, 2.24) is 4.90 Å². The highest BCUT2D eigenvalue weighted by Crippen LogP contribution is 2.33. The van der Waals surface area contributed by atoms with Crippen molar-refractivity contribution in [1.29, 1.82) is 0 Å². The van der Waals surface area contributed by atoms with Gasteiger partial charge in [-0.3, -0.25) is 9.59 Å². The van der Waals surface area contributed by atoms with Crippen LogP contribution in [0.3, 0.4) is 0 Å². The molecule has 0 aliphatic carbocycles. The van der Waals surface area contributed by atoms with E-state index in [1.54, 1.807) is 43.0 Å². The van der Waals surface area contributed by atoms with Crippen molar-refractivity contribution in [2.24, 2.45) is 5.41 Å². The number of benzene rings is 1. The number of nitrogens with one attached hydrogen (secondary N) is 1. The molecule has 28 heavy (non-hydrogen) atoms. The summed E-state index contributed by atoms with van der Waals surface area (Å²) in [6.45, 7) is 9.48. The van der Waals surface area contributed by atoms with Crippen LogP contribution >= 0.6 is 0 Å². The van der Waals surface area contributed by atoms with Gasteiger partial charge in [-0.2, -0.15) is 0 Å². The van der Waals surface area contributed by atoms with Gasteiger partial charge in [-0.15, -0.1) is 0 Å². The molecule has 2 aliphatic heterocycles. The molecule has 0 radical (unpaired) electrons. The van der Waals surface area contributed by atoms with E-state index >= 15 is 0 Å². The van der Waals surface area contributed by atoms with Crippen LogP contribution in [0.1, 0.15) is 40.5 Å². The maximum atomic E-state index is 13.0. The van der Waals surface area contributed by atoms with Crippen molar-refractivity contribution in [3.8, 4) is 5.75 Å². The number of likely N-dealkylation sites (tertiary alicyclic amines) is 1. The molecule has 1 aromatic carbocycles. The second-order valence-corrected chi connectivity index (χ2v) is 8.17. The average Bonchev–Trinajstić information content (AvgIpc) is 3.11. The number of amides is 2. The molecule has 0 atom stereocenters. The summed E-state index contributed by atoms with van der Waals surface area (Å²) in [5, 5.41) is 2.84. The summed E-state index contributed by atoms with van der Waals surface area (Å²) >= 11 is 0. The Morgan fingerprint density at radius 1 is 1.11 bits per heavy atom. The highest BCUT2D eigenvalue weighted by molar-refractivity contribution is 6.09. The van der Waals surface area contributed by atoms with Crippen LogP contribution in [0, 0.1) is 5.41 Å². The van der Waals surface area contributed by atoms with E-state index in [1.165, 1.54) is 0 Å². The van der Waals surface area contributed by atoms with E-state index < -0.39 is 11.2 Å². The number of carbonyl (C=O) groups is 2. The van der Waals surface area contributed by atoms with Gasteiger partial charge in [0, 0.05) is 31.6 Å². The van der Waals surface area contributed by atoms with E-state index in [2.05, 4.69) is 5.32 Å². The number of hydrogen-bond donors (Lipinski definition) is 1. The lowest BCUT2D eigenvalue weighted by molar-refractivity contribution is -0.189. The van der Waals surface area contributed by atoms with Gasteiger partial charge in [-0.05, 0) is 52.0 Å². The second-order valence-electron chi connectivity index (χ2n) is 8.17. The van der Waals surface area contributed by atoms with Crippen molar-refractivity contribution < 1.29 is 23.8 Å². The molecule has 1 spiro atoms. The molecular formula is C21H30N2O5. The smallest absolute Gasteiger partial charge is 0.239 e. The Morgan fingerprint density at radius 3 is 2.21 bits per heavy atom. The second kappa shape index (κ2) is 8.09. The largest absolute Gasteiger partial charge is 0.491 e. The van der Waals surface area contributed by atoms with Gasteiger partial charge in [0.2, 0.25) is 11.8 Å². The van der Waals surface area contributed by atoms with Crippen LogP contribution in [0.5, 0.6) is 5.75 Å². The lowest BCUT2D eigenvalue weighted by atomic mass is 9.88. The third kappa shape index (κ3) is 4.47. The standard InChI is InChI=1S/C21H30N2O5/c1-15(2)28-17-7-5-16(6-8-17)22-18(24)20(3,4)19(25)23-11-9-21(10-12-23)26-13-14-27-21/h5-8,15H,9-14H2,1-4H3,(H,22,24). The monoisotopic (exact) mass is 390 g/mol. The summed E-state index contributed by atoms with van der Waals surface area (Å²) in [6.07, 6.45) is 1.35. The zero-order chi connectivity index (χ0) is 20.4. The molecule has 2 aliphatic rings. The first kappa shape index (κ1) is 20.6. The van der Waals surface area contributed by atoms with Gasteiger partial charge in [-0.25, -0.2) is 0 Å². The van der Waals surface area contributed by atoms with Crippen LogP contribution in [0.15, 0.2) is 24.3 Å². The van der Waals surface area contributed by atoms with Gasteiger partial charge in [0.15, 0.2) is 5.79 Å². The van der Waals surface area contributed by atoms with E-state index in [0.29, 0.717) is 44.8 Å². The number of carbonyl (C=O) groups excluding carboxylic acids is 2. The molecule has 1 N–H and O–H groups in total. The number of ether oxygens (including phenoxy) is 3. The summed E-state index contributed by atoms with van der Waals surface area (Å²) < 4.78 is 17.0. The van der Waals surface area contributed by atoms with Gasteiger partial charge >= 0.3 is 0 Å². The Balaban J connectivity index is 1.58. The van der Waals surface area contributed by atoms with Crippen LogP contribution in [-0.4, -0.2) is 54.9 Å². The Bertz CT molecular complexity index is 698. The minimum absolute atomic E-state index is 0.0840. The molecule has 0 saturated carbocycles. The summed E-state index contributed by atoms with van der Waals surface area (Å²) in [5.74, 6) is -0.314. The molecular weight excluding hydrogens is 360 g/mol.